The van der Waals surface area contributed by atoms with Crippen LogP contribution in [0.5, 0.6) is 0 Å². The highest BCUT2D eigenvalue weighted by Crippen LogP contribution is 2.60. The average molecular weight is 289 g/mol. The van der Waals surface area contributed by atoms with Gasteiger partial charge in [0.2, 0.25) is 0 Å². The molecule has 1 saturated carbocycles. The molecule has 112 valence electrons. The van der Waals surface area contributed by atoms with Gasteiger partial charge in [0.1, 0.15) is 6.61 Å². The van der Waals surface area contributed by atoms with Gasteiger partial charge in [-0.1, -0.05) is 13.8 Å². The highest BCUT2D eigenvalue weighted by atomic mass is 16.5. The molecular weight excluding hydrogens is 270 g/mol. The van der Waals surface area contributed by atoms with E-state index in [1.54, 1.807) is 0 Å². The molecule has 5 nitrogen and oxygen atoms in total. The van der Waals surface area contributed by atoms with Gasteiger partial charge >= 0.3 is 11.9 Å². The van der Waals surface area contributed by atoms with Gasteiger partial charge in [0.15, 0.2) is 5.41 Å². The fraction of sp³-hybridized carbons (Fsp3) is 0.688. The van der Waals surface area contributed by atoms with Crippen LogP contribution >= 0.6 is 0 Å². The molecule has 3 atom stereocenters. The van der Waals surface area contributed by atoms with Crippen LogP contribution in [0, 0.1) is 34.0 Å². The zero-order chi connectivity index (χ0) is 15.4. The number of esters is 2. The normalized spacial score (nSPS) is 36.6. The van der Waals surface area contributed by atoms with Crippen LogP contribution in [0.4, 0.5) is 0 Å². The largest absolute Gasteiger partial charge is 0.468 e. The summed E-state index contributed by atoms with van der Waals surface area (Å²) in [6, 6.07) is 2.15. The third kappa shape index (κ3) is 1.75. The third-order valence-corrected chi connectivity index (χ3v) is 5.23. The number of carbonyl (C=O) groups excluding carboxylic acids is 2. The lowest BCUT2D eigenvalue weighted by atomic mass is 9.61. The number of rotatable bonds is 1. The molecule has 0 saturated heterocycles. The fourth-order valence-corrected chi connectivity index (χ4v) is 4.56. The van der Waals surface area contributed by atoms with Crippen LogP contribution in [0.15, 0.2) is 11.1 Å². The van der Waals surface area contributed by atoms with Crippen LogP contribution in [0.2, 0.25) is 0 Å². The maximum atomic E-state index is 12.5. The highest BCUT2D eigenvalue weighted by Gasteiger charge is 2.63. The van der Waals surface area contributed by atoms with Crippen molar-refractivity contribution in [2.75, 3.05) is 13.7 Å². The third-order valence-electron chi connectivity index (χ3n) is 5.23. The molecule has 0 aromatic rings. The van der Waals surface area contributed by atoms with E-state index in [9.17, 15) is 14.9 Å². The van der Waals surface area contributed by atoms with Gasteiger partial charge in [0.25, 0.3) is 0 Å². The first-order chi connectivity index (χ1) is 9.85. The average Bonchev–Trinajstić information content (AvgIpc) is 2.95. The number of hydrogen-bond acceptors (Lipinski definition) is 5. The van der Waals surface area contributed by atoms with E-state index in [4.69, 9.17) is 9.47 Å². The van der Waals surface area contributed by atoms with Crippen LogP contribution in [-0.4, -0.2) is 25.7 Å². The van der Waals surface area contributed by atoms with Crippen molar-refractivity contribution in [2.45, 2.75) is 33.1 Å². The number of carbonyl (C=O) groups is 2. The van der Waals surface area contributed by atoms with Crippen molar-refractivity contribution in [3.63, 3.8) is 0 Å². The number of hydrogen-bond donors (Lipinski definition) is 0. The Balaban J connectivity index is 2.19. The van der Waals surface area contributed by atoms with Crippen molar-refractivity contribution < 1.29 is 19.1 Å². The van der Waals surface area contributed by atoms with Crippen LogP contribution < -0.4 is 0 Å². The summed E-state index contributed by atoms with van der Waals surface area (Å²) in [6.07, 6.45) is 2.43. The van der Waals surface area contributed by atoms with Crippen molar-refractivity contribution in [1.29, 1.82) is 5.26 Å². The summed E-state index contributed by atoms with van der Waals surface area (Å²) in [4.78, 5) is 24.6. The lowest BCUT2D eigenvalue weighted by molar-refractivity contribution is -0.153. The molecule has 0 radical (unpaired) electrons. The first-order valence-corrected chi connectivity index (χ1v) is 7.25. The molecule has 3 aliphatic rings. The highest BCUT2D eigenvalue weighted by molar-refractivity contribution is 6.03. The molecule has 21 heavy (non-hydrogen) atoms. The van der Waals surface area contributed by atoms with E-state index in [-0.39, 0.29) is 29.4 Å². The standard InChI is InChI=1S/C16H19NO4/c1-15(2)5-9-4-10-7-21-13(18)12(10)16(8-17,11(9)6-15)14(19)20-3/h9,11H,4-7H2,1-3H3/t9-,11-,16-/m0/s1. The van der Waals surface area contributed by atoms with E-state index in [0.29, 0.717) is 0 Å². The monoisotopic (exact) mass is 289 g/mol. The Morgan fingerprint density at radius 2 is 2.14 bits per heavy atom. The molecule has 0 aromatic heterocycles. The fourth-order valence-electron chi connectivity index (χ4n) is 4.56. The lowest BCUT2D eigenvalue weighted by Crippen LogP contribution is -2.46. The van der Waals surface area contributed by atoms with Gasteiger partial charge in [-0.15, -0.1) is 0 Å². The van der Waals surface area contributed by atoms with Crippen LogP contribution in [0.3, 0.4) is 0 Å². The van der Waals surface area contributed by atoms with Gasteiger partial charge in [0.05, 0.1) is 18.8 Å². The molecule has 0 unspecified atom stereocenters. The Hall–Kier alpha value is -1.83. The summed E-state index contributed by atoms with van der Waals surface area (Å²) in [6.45, 7) is 4.50. The second-order valence-electron chi connectivity index (χ2n) is 7.11. The number of nitriles is 1. The van der Waals surface area contributed by atoms with E-state index >= 15 is 0 Å². The van der Waals surface area contributed by atoms with Gasteiger partial charge in [-0.25, -0.2) is 9.59 Å². The quantitative estimate of drug-likeness (QED) is 0.690. The first kappa shape index (κ1) is 14.1. The molecule has 1 heterocycles. The summed E-state index contributed by atoms with van der Waals surface area (Å²) < 4.78 is 10.0. The minimum atomic E-state index is -1.49. The minimum Gasteiger partial charge on any atom is -0.468 e. The van der Waals surface area contributed by atoms with Crippen LogP contribution in [0.25, 0.3) is 0 Å². The van der Waals surface area contributed by atoms with Gasteiger partial charge < -0.3 is 9.47 Å². The number of ether oxygens (including phenoxy) is 2. The summed E-state index contributed by atoms with van der Waals surface area (Å²) in [5.41, 5.74) is -0.356. The zero-order valence-corrected chi connectivity index (χ0v) is 12.6. The van der Waals surface area contributed by atoms with Crippen molar-refractivity contribution in [1.82, 2.24) is 0 Å². The topological polar surface area (TPSA) is 76.4 Å². The van der Waals surface area contributed by atoms with Gasteiger partial charge in [-0.05, 0) is 42.1 Å². The molecule has 1 fully saturated rings. The van der Waals surface area contributed by atoms with E-state index in [1.807, 2.05) is 0 Å². The molecule has 0 amide bonds. The van der Waals surface area contributed by atoms with E-state index < -0.39 is 17.4 Å². The summed E-state index contributed by atoms with van der Waals surface area (Å²) in [7, 11) is 1.27. The molecule has 1 aliphatic heterocycles. The Bertz CT molecular complexity index is 598. The van der Waals surface area contributed by atoms with E-state index in [0.717, 1.165) is 24.8 Å². The summed E-state index contributed by atoms with van der Waals surface area (Å²) in [5.74, 6) is -1.09. The lowest BCUT2D eigenvalue weighted by Gasteiger charge is -2.38. The molecule has 3 rings (SSSR count). The maximum Gasteiger partial charge on any atom is 0.336 e. The predicted molar refractivity (Wildman–Crippen MR) is 72.7 cm³/mol. The Labute approximate surface area is 123 Å². The molecule has 2 aliphatic carbocycles. The van der Waals surface area contributed by atoms with Crippen LogP contribution in [0.1, 0.15) is 33.1 Å². The van der Waals surface area contributed by atoms with E-state index in [2.05, 4.69) is 19.9 Å². The molecule has 0 spiro atoms. The zero-order valence-electron chi connectivity index (χ0n) is 12.6. The number of nitrogens with zero attached hydrogens (tertiary/aromatic N) is 1. The minimum absolute atomic E-state index is 0.0646. The number of fused-ring (bicyclic) bond motifs is 1. The molecule has 0 bridgehead atoms. The Morgan fingerprint density at radius 3 is 2.76 bits per heavy atom. The Morgan fingerprint density at radius 1 is 1.43 bits per heavy atom. The first-order valence-electron chi connectivity index (χ1n) is 7.25. The predicted octanol–water partition coefficient (Wildman–Crippen LogP) is 1.98. The van der Waals surface area contributed by atoms with Gasteiger partial charge in [0, 0.05) is 0 Å². The van der Waals surface area contributed by atoms with Gasteiger partial charge in [-0.3, -0.25) is 0 Å². The van der Waals surface area contributed by atoms with Crippen molar-refractivity contribution in [3.8, 4) is 6.07 Å². The second kappa shape index (κ2) is 4.33. The maximum absolute atomic E-state index is 12.5. The van der Waals surface area contributed by atoms with Crippen molar-refractivity contribution in [3.05, 3.63) is 11.1 Å². The van der Waals surface area contributed by atoms with Crippen molar-refractivity contribution in [2.24, 2.45) is 22.7 Å². The summed E-state index contributed by atoms with van der Waals surface area (Å²) in [5, 5.41) is 9.83. The van der Waals surface area contributed by atoms with Crippen molar-refractivity contribution >= 4 is 11.9 Å². The smallest absolute Gasteiger partial charge is 0.336 e. The molecule has 0 N–H and O–H groups in total. The Kier molecular flexibility index (Phi) is 2.91. The van der Waals surface area contributed by atoms with Crippen LogP contribution in [-0.2, 0) is 19.1 Å². The molecule has 0 aromatic carbocycles. The van der Waals surface area contributed by atoms with Gasteiger partial charge in [-0.2, -0.15) is 5.26 Å². The molecular formula is C16H19NO4. The molecule has 5 heteroatoms. The van der Waals surface area contributed by atoms with E-state index in [1.165, 1.54) is 7.11 Å². The second-order valence-corrected chi connectivity index (χ2v) is 7.11. The SMILES string of the molecule is COC(=O)[C@]1(C#N)C2=C(COC2=O)C[C@H]2CC(C)(C)C[C@@H]21. The number of methoxy groups -OCH3 is 1. The summed E-state index contributed by atoms with van der Waals surface area (Å²) >= 11 is 0. The number of cyclic esters (lactones) is 1.